The summed E-state index contributed by atoms with van der Waals surface area (Å²) in [5.74, 6) is 1.09. The summed E-state index contributed by atoms with van der Waals surface area (Å²) in [6.45, 7) is 5.94. The summed E-state index contributed by atoms with van der Waals surface area (Å²) in [7, 11) is 0. The van der Waals surface area contributed by atoms with Gasteiger partial charge in [-0.15, -0.1) is 0 Å². The van der Waals surface area contributed by atoms with Gasteiger partial charge in [-0.05, 0) is 31.5 Å². The smallest absolute Gasteiger partial charge is 0.157 e. The lowest BCUT2D eigenvalue weighted by Gasteiger charge is -2.37. The highest BCUT2D eigenvalue weighted by Gasteiger charge is 2.26. The summed E-state index contributed by atoms with van der Waals surface area (Å²) < 4.78 is 7.78. The number of nitrogens with zero attached hydrogens (tertiary/aromatic N) is 4. The number of rotatable bonds is 2. The predicted octanol–water partition coefficient (Wildman–Crippen LogP) is 2.03. The quantitative estimate of drug-likeness (QED) is 0.793. The van der Waals surface area contributed by atoms with Crippen molar-refractivity contribution in [3.8, 4) is 0 Å². The fourth-order valence-corrected chi connectivity index (χ4v) is 2.94. The maximum absolute atomic E-state index is 5.88. The Balaban J connectivity index is 2.00. The first-order valence-electron chi connectivity index (χ1n) is 6.44. The van der Waals surface area contributed by atoms with Gasteiger partial charge in [0, 0.05) is 18.4 Å². The SMILES string of the molecule is Cc1cc(N2CC(C)OC(CBr)C2)n2ncnc2c1. The third-order valence-electron chi connectivity index (χ3n) is 3.33. The van der Waals surface area contributed by atoms with Gasteiger partial charge in [0.05, 0.1) is 12.2 Å². The molecule has 0 spiro atoms. The molecule has 6 heteroatoms. The van der Waals surface area contributed by atoms with Crippen molar-refractivity contribution in [1.82, 2.24) is 14.6 Å². The van der Waals surface area contributed by atoms with Gasteiger partial charge in [-0.25, -0.2) is 4.98 Å². The zero-order chi connectivity index (χ0) is 13.4. The van der Waals surface area contributed by atoms with Crippen LogP contribution in [-0.4, -0.2) is 45.2 Å². The van der Waals surface area contributed by atoms with Crippen LogP contribution in [-0.2, 0) is 4.74 Å². The van der Waals surface area contributed by atoms with Crippen LogP contribution in [0.1, 0.15) is 12.5 Å². The minimum absolute atomic E-state index is 0.211. The highest BCUT2D eigenvalue weighted by molar-refractivity contribution is 9.09. The molecule has 2 unspecified atom stereocenters. The van der Waals surface area contributed by atoms with E-state index in [1.54, 1.807) is 6.33 Å². The topological polar surface area (TPSA) is 42.7 Å². The lowest BCUT2D eigenvalue weighted by atomic mass is 10.2. The molecule has 3 heterocycles. The third kappa shape index (κ3) is 2.47. The van der Waals surface area contributed by atoms with Gasteiger partial charge in [-0.3, -0.25) is 0 Å². The van der Waals surface area contributed by atoms with Crippen molar-refractivity contribution >= 4 is 27.4 Å². The van der Waals surface area contributed by atoms with Crippen LogP contribution < -0.4 is 4.90 Å². The first-order valence-corrected chi connectivity index (χ1v) is 7.56. The van der Waals surface area contributed by atoms with Crippen molar-refractivity contribution in [2.45, 2.75) is 26.1 Å². The lowest BCUT2D eigenvalue weighted by Crippen LogP contribution is -2.48. The molecule has 1 saturated heterocycles. The zero-order valence-electron chi connectivity index (χ0n) is 11.1. The van der Waals surface area contributed by atoms with Crippen LogP contribution in [0.25, 0.3) is 5.65 Å². The lowest BCUT2D eigenvalue weighted by molar-refractivity contribution is -0.00234. The number of morpholine rings is 1. The van der Waals surface area contributed by atoms with Crippen LogP contribution in [0.2, 0.25) is 0 Å². The van der Waals surface area contributed by atoms with Crippen LogP contribution in [0.15, 0.2) is 18.5 Å². The monoisotopic (exact) mass is 324 g/mol. The van der Waals surface area contributed by atoms with Crippen LogP contribution in [0.3, 0.4) is 0 Å². The van der Waals surface area contributed by atoms with Crippen molar-refractivity contribution in [3.63, 3.8) is 0 Å². The normalized spacial score (nSPS) is 24.1. The summed E-state index contributed by atoms with van der Waals surface area (Å²) in [5, 5.41) is 5.17. The Labute approximate surface area is 120 Å². The van der Waals surface area contributed by atoms with Gasteiger partial charge >= 0.3 is 0 Å². The minimum Gasteiger partial charge on any atom is -0.371 e. The summed E-state index contributed by atoms with van der Waals surface area (Å²) >= 11 is 3.51. The first kappa shape index (κ1) is 12.9. The Morgan fingerprint density at radius 2 is 2.26 bits per heavy atom. The zero-order valence-corrected chi connectivity index (χ0v) is 12.7. The van der Waals surface area contributed by atoms with Crippen LogP contribution >= 0.6 is 15.9 Å². The summed E-state index contributed by atoms with van der Waals surface area (Å²) in [4.78, 5) is 6.61. The molecule has 0 radical (unpaired) electrons. The standard InChI is InChI=1S/C13H17BrN4O/c1-9-3-12-15-8-16-18(12)13(4-9)17-6-10(2)19-11(5-14)7-17/h3-4,8,10-11H,5-7H2,1-2H3. The van der Waals surface area contributed by atoms with Crippen molar-refractivity contribution < 1.29 is 4.74 Å². The van der Waals surface area contributed by atoms with E-state index in [9.17, 15) is 0 Å². The number of hydrogen-bond acceptors (Lipinski definition) is 4. The van der Waals surface area contributed by atoms with E-state index < -0.39 is 0 Å². The van der Waals surface area contributed by atoms with E-state index in [2.05, 4.69) is 50.8 Å². The third-order valence-corrected chi connectivity index (χ3v) is 4.05. The van der Waals surface area contributed by atoms with Crippen molar-refractivity contribution in [2.75, 3.05) is 23.3 Å². The number of aromatic nitrogens is 3. The van der Waals surface area contributed by atoms with E-state index in [1.807, 2.05) is 10.6 Å². The minimum atomic E-state index is 0.211. The van der Waals surface area contributed by atoms with Crippen LogP contribution in [0.5, 0.6) is 0 Å². The average Bonchev–Trinajstić information content (AvgIpc) is 2.84. The number of pyridine rings is 1. The summed E-state index contributed by atoms with van der Waals surface area (Å²) in [6, 6.07) is 4.20. The van der Waals surface area contributed by atoms with Crippen LogP contribution in [0, 0.1) is 6.92 Å². The average molecular weight is 325 g/mol. The van der Waals surface area contributed by atoms with E-state index >= 15 is 0 Å². The van der Waals surface area contributed by atoms with Gasteiger partial charge in [-0.1, -0.05) is 15.9 Å². The molecule has 0 saturated carbocycles. The molecule has 2 aromatic heterocycles. The van der Waals surface area contributed by atoms with E-state index in [4.69, 9.17) is 4.74 Å². The number of aryl methyl sites for hydroxylation is 1. The molecule has 19 heavy (non-hydrogen) atoms. The molecule has 0 aliphatic carbocycles. The maximum atomic E-state index is 5.88. The van der Waals surface area contributed by atoms with Crippen LogP contribution in [0.4, 0.5) is 5.82 Å². The van der Waals surface area contributed by atoms with Gasteiger partial charge in [0.2, 0.25) is 0 Å². The maximum Gasteiger partial charge on any atom is 0.157 e. The predicted molar refractivity (Wildman–Crippen MR) is 78.1 cm³/mol. The van der Waals surface area contributed by atoms with E-state index in [0.29, 0.717) is 0 Å². The number of anilines is 1. The molecule has 1 fully saturated rings. The van der Waals surface area contributed by atoms with E-state index in [-0.39, 0.29) is 12.2 Å². The molecule has 0 amide bonds. The molecule has 0 bridgehead atoms. The molecule has 102 valence electrons. The number of halogens is 1. The van der Waals surface area contributed by atoms with E-state index in [0.717, 1.165) is 29.9 Å². The Morgan fingerprint density at radius 3 is 3.05 bits per heavy atom. The Morgan fingerprint density at radius 1 is 1.42 bits per heavy atom. The van der Waals surface area contributed by atoms with E-state index in [1.165, 1.54) is 5.56 Å². The number of fused-ring (bicyclic) bond motifs is 1. The Hall–Kier alpha value is -1.14. The molecule has 0 N–H and O–H groups in total. The molecular weight excluding hydrogens is 308 g/mol. The summed E-state index contributed by atoms with van der Waals surface area (Å²) in [6.07, 6.45) is 2.03. The van der Waals surface area contributed by atoms with Crippen molar-refractivity contribution in [1.29, 1.82) is 0 Å². The highest BCUT2D eigenvalue weighted by Crippen LogP contribution is 2.23. The fraction of sp³-hybridized carbons (Fsp3) is 0.538. The van der Waals surface area contributed by atoms with Crippen molar-refractivity contribution in [3.05, 3.63) is 24.0 Å². The van der Waals surface area contributed by atoms with Gasteiger partial charge < -0.3 is 9.64 Å². The molecular formula is C13H17BrN4O. The Bertz CT molecular complexity index is 585. The highest BCUT2D eigenvalue weighted by atomic mass is 79.9. The molecule has 0 aromatic carbocycles. The molecule has 2 aromatic rings. The van der Waals surface area contributed by atoms with Gasteiger partial charge in [0.1, 0.15) is 12.1 Å². The Kier molecular flexibility index (Phi) is 3.45. The van der Waals surface area contributed by atoms with Gasteiger partial charge in [-0.2, -0.15) is 9.61 Å². The number of hydrogen-bond donors (Lipinski definition) is 0. The van der Waals surface area contributed by atoms with Gasteiger partial charge in [0.25, 0.3) is 0 Å². The largest absolute Gasteiger partial charge is 0.371 e. The molecule has 1 aliphatic rings. The summed E-state index contributed by atoms with van der Waals surface area (Å²) in [5.41, 5.74) is 2.09. The second kappa shape index (κ2) is 5.09. The first-order chi connectivity index (χ1) is 9.17. The van der Waals surface area contributed by atoms with Gasteiger partial charge in [0.15, 0.2) is 5.65 Å². The molecule has 1 aliphatic heterocycles. The second-order valence-corrected chi connectivity index (χ2v) is 5.70. The fourth-order valence-electron chi connectivity index (χ4n) is 2.58. The molecule has 5 nitrogen and oxygen atoms in total. The van der Waals surface area contributed by atoms with Crippen molar-refractivity contribution in [2.24, 2.45) is 0 Å². The molecule has 3 rings (SSSR count). The second-order valence-electron chi connectivity index (χ2n) is 5.05. The number of alkyl halides is 1. The molecule has 2 atom stereocenters. The number of ether oxygens (including phenoxy) is 1.